The van der Waals surface area contributed by atoms with Crippen LogP contribution < -0.4 is 0 Å². The highest BCUT2D eigenvalue weighted by molar-refractivity contribution is 5.85. The van der Waals surface area contributed by atoms with E-state index in [2.05, 4.69) is 16.8 Å². The number of amides is 1. The van der Waals surface area contributed by atoms with Crippen LogP contribution in [-0.2, 0) is 11.2 Å². The van der Waals surface area contributed by atoms with E-state index in [1.807, 2.05) is 12.1 Å². The first-order valence-corrected chi connectivity index (χ1v) is 11.2. The monoisotopic (exact) mass is 420 g/mol. The molecule has 5 fully saturated rings. The molecule has 1 amide bonds. The van der Waals surface area contributed by atoms with E-state index >= 15 is 0 Å². The van der Waals surface area contributed by atoms with Crippen molar-refractivity contribution in [2.45, 2.75) is 57.4 Å². The lowest BCUT2D eigenvalue weighted by molar-refractivity contribution is -0.158. The number of benzene rings is 1. The van der Waals surface area contributed by atoms with E-state index in [4.69, 9.17) is 0 Å². The minimum atomic E-state index is -0.171. The second-order valence-electron chi connectivity index (χ2n) is 10.2. The molecule has 6 rings (SSSR count). The van der Waals surface area contributed by atoms with Crippen LogP contribution in [-0.4, -0.2) is 48.4 Å². The molecule has 5 heteroatoms. The summed E-state index contributed by atoms with van der Waals surface area (Å²) in [5.41, 5.74) is 1.16. The predicted octanol–water partition coefficient (Wildman–Crippen LogP) is 4.54. The van der Waals surface area contributed by atoms with Crippen molar-refractivity contribution >= 4 is 18.3 Å². The van der Waals surface area contributed by atoms with Crippen LogP contribution in [0.4, 0.5) is 4.39 Å². The minimum absolute atomic E-state index is 0. The SMILES string of the molecule is CN(C(=O)C12CC3CC(CC(C3)C1)C2)[C@@H]1CCN(CCc2ccc(F)cc2)C1.Cl. The fraction of sp³-hybridized carbons (Fsp3) is 0.708. The molecule has 29 heavy (non-hydrogen) atoms. The third-order valence-corrected chi connectivity index (χ3v) is 8.24. The summed E-state index contributed by atoms with van der Waals surface area (Å²) >= 11 is 0. The normalized spacial score (nSPS) is 35.5. The van der Waals surface area contributed by atoms with Gasteiger partial charge in [0.2, 0.25) is 5.91 Å². The summed E-state index contributed by atoms with van der Waals surface area (Å²) in [7, 11) is 2.06. The zero-order valence-electron chi connectivity index (χ0n) is 17.5. The molecular weight excluding hydrogens is 387 g/mol. The molecule has 1 aromatic carbocycles. The quantitative estimate of drug-likeness (QED) is 0.698. The number of hydrogen-bond donors (Lipinski definition) is 0. The van der Waals surface area contributed by atoms with Gasteiger partial charge in [-0.1, -0.05) is 12.1 Å². The van der Waals surface area contributed by atoms with Gasteiger partial charge < -0.3 is 9.80 Å². The number of carbonyl (C=O) groups excluding carboxylic acids is 1. The van der Waals surface area contributed by atoms with Gasteiger partial charge in [0.25, 0.3) is 0 Å². The Kier molecular flexibility index (Phi) is 5.96. The Bertz CT molecular complexity index is 702. The number of likely N-dealkylation sites (tertiary alicyclic amines) is 1. The summed E-state index contributed by atoms with van der Waals surface area (Å²) in [5, 5.41) is 0. The van der Waals surface area contributed by atoms with Crippen LogP contribution in [0.3, 0.4) is 0 Å². The van der Waals surface area contributed by atoms with Gasteiger partial charge in [-0.05, 0) is 86.8 Å². The molecule has 1 heterocycles. The van der Waals surface area contributed by atoms with E-state index in [0.717, 1.165) is 69.5 Å². The molecule has 1 aromatic rings. The Morgan fingerprint density at radius 1 is 1.10 bits per heavy atom. The molecular formula is C24H34ClFN2O. The van der Waals surface area contributed by atoms with Crippen LogP contribution in [0, 0.1) is 29.0 Å². The van der Waals surface area contributed by atoms with Gasteiger partial charge in [-0.3, -0.25) is 4.79 Å². The molecule has 4 saturated carbocycles. The second-order valence-corrected chi connectivity index (χ2v) is 10.2. The highest BCUT2D eigenvalue weighted by Crippen LogP contribution is 2.60. The molecule has 4 bridgehead atoms. The van der Waals surface area contributed by atoms with Crippen LogP contribution in [0.2, 0.25) is 0 Å². The fourth-order valence-electron chi connectivity index (χ4n) is 7.18. The van der Waals surface area contributed by atoms with Crippen LogP contribution in [0.25, 0.3) is 0 Å². The smallest absolute Gasteiger partial charge is 0.228 e. The molecule has 3 nitrogen and oxygen atoms in total. The summed E-state index contributed by atoms with van der Waals surface area (Å²) < 4.78 is 13.1. The second kappa shape index (κ2) is 8.19. The van der Waals surface area contributed by atoms with Crippen molar-refractivity contribution < 1.29 is 9.18 Å². The van der Waals surface area contributed by atoms with Gasteiger partial charge in [-0.25, -0.2) is 4.39 Å². The van der Waals surface area contributed by atoms with E-state index in [9.17, 15) is 9.18 Å². The number of likely N-dealkylation sites (N-methyl/N-ethyl adjacent to an activating group) is 1. The summed E-state index contributed by atoms with van der Waals surface area (Å²) in [6.45, 7) is 3.03. The van der Waals surface area contributed by atoms with E-state index in [-0.39, 0.29) is 23.6 Å². The van der Waals surface area contributed by atoms with Crippen molar-refractivity contribution in [3.63, 3.8) is 0 Å². The molecule has 0 aromatic heterocycles. The first kappa shape index (κ1) is 21.1. The largest absolute Gasteiger partial charge is 0.341 e. The zero-order valence-corrected chi connectivity index (χ0v) is 18.3. The third kappa shape index (κ3) is 4.07. The van der Waals surface area contributed by atoms with E-state index in [1.54, 1.807) is 12.1 Å². The predicted molar refractivity (Wildman–Crippen MR) is 116 cm³/mol. The Labute approximate surface area is 180 Å². The molecule has 5 aliphatic rings. The van der Waals surface area contributed by atoms with Gasteiger partial charge in [-0.15, -0.1) is 12.4 Å². The number of halogens is 2. The summed E-state index contributed by atoms with van der Waals surface area (Å²) in [4.78, 5) is 18.2. The maximum absolute atomic E-state index is 13.6. The van der Waals surface area contributed by atoms with Crippen molar-refractivity contribution in [2.24, 2.45) is 23.2 Å². The molecule has 0 radical (unpaired) electrons. The van der Waals surface area contributed by atoms with E-state index < -0.39 is 0 Å². The molecule has 1 saturated heterocycles. The Morgan fingerprint density at radius 3 is 2.28 bits per heavy atom. The van der Waals surface area contributed by atoms with Gasteiger partial charge in [0, 0.05) is 32.7 Å². The van der Waals surface area contributed by atoms with Gasteiger partial charge in [-0.2, -0.15) is 0 Å². The topological polar surface area (TPSA) is 23.6 Å². The highest BCUT2D eigenvalue weighted by atomic mass is 35.5. The molecule has 1 aliphatic heterocycles. The van der Waals surface area contributed by atoms with Crippen LogP contribution in [0.1, 0.15) is 50.5 Å². The summed E-state index contributed by atoms with van der Waals surface area (Å²) in [6, 6.07) is 7.20. The number of carbonyl (C=O) groups is 1. The van der Waals surface area contributed by atoms with E-state index in [1.165, 1.54) is 24.8 Å². The van der Waals surface area contributed by atoms with Gasteiger partial charge in [0.1, 0.15) is 5.82 Å². The molecule has 160 valence electrons. The minimum Gasteiger partial charge on any atom is -0.341 e. The van der Waals surface area contributed by atoms with E-state index in [0.29, 0.717) is 11.9 Å². The summed E-state index contributed by atoms with van der Waals surface area (Å²) in [5.74, 6) is 2.74. The summed E-state index contributed by atoms with van der Waals surface area (Å²) in [6.07, 6.45) is 9.65. The first-order valence-electron chi connectivity index (χ1n) is 11.2. The standard InChI is InChI=1S/C24H33FN2O.ClH/c1-26(23(28)24-13-18-10-19(14-24)12-20(11-18)15-24)22-7-9-27(16-22)8-6-17-2-4-21(25)5-3-17;/h2-5,18-20,22H,6-16H2,1H3;1H/t18?,19?,20?,22-,24?;/m1./s1. The van der Waals surface area contributed by atoms with Crippen LogP contribution in [0.15, 0.2) is 24.3 Å². The van der Waals surface area contributed by atoms with Crippen molar-refractivity contribution in [3.8, 4) is 0 Å². The van der Waals surface area contributed by atoms with Crippen molar-refractivity contribution in [1.29, 1.82) is 0 Å². The Morgan fingerprint density at radius 2 is 1.69 bits per heavy atom. The average Bonchev–Trinajstić information content (AvgIpc) is 3.14. The number of hydrogen-bond acceptors (Lipinski definition) is 2. The molecule has 1 atom stereocenters. The number of rotatable bonds is 5. The molecule has 0 unspecified atom stereocenters. The van der Waals surface area contributed by atoms with Gasteiger partial charge >= 0.3 is 0 Å². The lowest BCUT2D eigenvalue weighted by Gasteiger charge is -2.56. The van der Waals surface area contributed by atoms with Crippen molar-refractivity contribution in [1.82, 2.24) is 9.80 Å². The molecule has 4 aliphatic carbocycles. The van der Waals surface area contributed by atoms with Crippen LogP contribution in [0.5, 0.6) is 0 Å². The zero-order chi connectivity index (χ0) is 19.3. The lowest BCUT2D eigenvalue weighted by atomic mass is 9.49. The maximum Gasteiger partial charge on any atom is 0.228 e. The van der Waals surface area contributed by atoms with Crippen molar-refractivity contribution in [2.75, 3.05) is 26.7 Å². The third-order valence-electron chi connectivity index (χ3n) is 8.24. The van der Waals surface area contributed by atoms with Gasteiger partial charge in [0.15, 0.2) is 0 Å². The first-order chi connectivity index (χ1) is 13.5. The Balaban J connectivity index is 0.00000205. The fourth-order valence-corrected chi connectivity index (χ4v) is 7.18. The lowest BCUT2D eigenvalue weighted by Crippen LogP contribution is -2.55. The highest BCUT2D eigenvalue weighted by Gasteiger charge is 2.55. The average molecular weight is 421 g/mol. The van der Waals surface area contributed by atoms with Crippen molar-refractivity contribution in [3.05, 3.63) is 35.6 Å². The van der Waals surface area contributed by atoms with Crippen LogP contribution >= 0.6 is 12.4 Å². The van der Waals surface area contributed by atoms with Gasteiger partial charge in [0.05, 0.1) is 5.41 Å². The Hall–Kier alpha value is -1.13. The number of nitrogens with zero attached hydrogens (tertiary/aromatic N) is 2. The molecule has 0 spiro atoms. The maximum atomic E-state index is 13.6. The molecule has 0 N–H and O–H groups in total.